The molecule has 144 valence electrons. The molecule has 0 unspecified atom stereocenters. The van der Waals surface area contributed by atoms with Crippen LogP contribution in [-0.2, 0) is 6.54 Å². The predicted octanol–water partition coefficient (Wildman–Crippen LogP) is 5.39. The molecule has 4 rings (SSSR count). The number of fused-ring (bicyclic) bond motifs is 1. The van der Waals surface area contributed by atoms with Crippen molar-refractivity contribution in [1.29, 1.82) is 0 Å². The fourth-order valence-electron chi connectivity index (χ4n) is 2.82. The lowest BCUT2D eigenvalue weighted by Crippen LogP contribution is -2.31. The fraction of sp³-hybridized carbons (Fsp3) is 0.211. The van der Waals surface area contributed by atoms with Gasteiger partial charge < -0.3 is 13.7 Å². The van der Waals surface area contributed by atoms with Gasteiger partial charge in [-0.05, 0) is 36.8 Å². The Kier molecular flexibility index (Phi) is 5.15. The summed E-state index contributed by atoms with van der Waals surface area (Å²) in [6.07, 6.45) is 2.25. The van der Waals surface area contributed by atoms with Crippen molar-refractivity contribution in [2.45, 2.75) is 19.9 Å². The van der Waals surface area contributed by atoms with E-state index in [9.17, 15) is 9.18 Å². The molecule has 3 heterocycles. The molecule has 0 aliphatic carbocycles. The quantitative estimate of drug-likeness (QED) is 0.419. The number of benzene rings is 1. The Hall–Kier alpha value is -2.71. The maximum atomic E-state index is 13.5. The van der Waals surface area contributed by atoms with Crippen molar-refractivity contribution in [3.8, 4) is 11.7 Å². The highest BCUT2D eigenvalue weighted by Crippen LogP contribution is 2.36. The minimum Gasteiger partial charge on any atom is -0.459 e. The molecule has 0 spiro atoms. The summed E-state index contributed by atoms with van der Waals surface area (Å²) in [6, 6.07) is 7.72. The summed E-state index contributed by atoms with van der Waals surface area (Å²) in [6.45, 7) is 2.58. The van der Waals surface area contributed by atoms with Crippen LogP contribution in [0.1, 0.15) is 28.9 Å². The standard InChI is InChI=1S/C19H15ClFN3O3S/c1-2-7-24(10-15-22-23-18(27-15)13-4-3-8-26-13)19(25)17-16(20)12-6-5-11(21)9-14(12)28-17/h3-6,8-9H,2,7,10H2,1H3. The minimum atomic E-state index is -0.369. The van der Waals surface area contributed by atoms with Gasteiger partial charge in [-0.1, -0.05) is 18.5 Å². The lowest BCUT2D eigenvalue weighted by molar-refractivity contribution is 0.0733. The molecular weight excluding hydrogens is 405 g/mol. The summed E-state index contributed by atoms with van der Waals surface area (Å²) < 4.78 is 25.0. The van der Waals surface area contributed by atoms with Crippen LogP contribution in [0.4, 0.5) is 4.39 Å². The smallest absolute Gasteiger partial charge is 0.283 e. The van der Waals surface area contributed by atoms with E-state index < -0.39 is 0 Å². The first-order chi connectivity index (χ1) is 13.6. The number of furan rings is 1. The molecular formula is C19H15ClFN3O3S. The highest BCUT2D eigenvalue weighted by molar-refractivity contribution is 7.21. The van der Waals surface area contributed by atoms with Crippen LogP contribution < -0.4 is 0 Å². The lowest BCUT2D eigenvalue weighted by Gasteiger charge is -2.19. The van der Waals surface area contributed by atoms with Crippen molar-refractivity contribution in [2.75, 3.05) is 6.54 Å². The summed E-state index contributed by atoms with van der Waals surface area (Å²) in [4.78, 5) is 15.1. The van der Waals surface area contributed by atoms with Crippen molar-refractivity contribution in [3.63, 3.8) is 0 Å². The van der Waals surface area contributed by atoms with Crippen molar-refractivity contribution in [2.24, 2.45) is 0 Å². The zero-order valence-corrected chi connectivity index (χ0v) is 16.4. The Morgan fingerprint density at radius 2 is 2.18 bits per heavy atom. The molecule has 0 aliphatic heterocycles. The Morgan fingerprint density at radius 3 is 2.93 bits per heavy atom. The number of hydrogen-bond donors (Lipinski definition) is 0. The molecule has 6 nitrogen and oxygen atoms in total. The van der Waals surface area contributed by atoms with Crippen molar-refractivity contribution < 1.29 is 18.0 Å². The summed E-state index contributed by atoms with van der Waals surface area (Å²) in [5, 5.41) is 8.93. The zero-order chi connectivity index (χ0) is 19.7. The largest absolute Gasteiger partial charge is 0.459 e. The number of thiophene rings is 1. The summed E-state index contributed by atoms with van der Waals surface area (Å²) in [5.74, 6) is 0.370. The Balaban J connectivity index is 1.61. The third-order valence-corrected chi connectivity index (χ3v) is 5.74. The second-order valence-electron chi connectivity index (χ2n) is 6.09. The van der Waals surface area contributed by atoms with Gasteiger partial charge in [-0.25, -0.2) is 4.39 Å². The van der Waals surface area contributed by atoms with Crippen LogP contribution in [0, 0.1) is 5.82 Å². The van der Waals surface area contributed by atoms with E-state index in [1.54, 1.807) is 23.1 Å². The van der Waals surface area contributed by atoms with Gasteiger partial charge in [0, 0.05) is 16.6 Å². The van der Waals surface area contributed by atoms with Gasteiger partial charge >= 0.3 is 0 Å². The number of rotatable bonds is 6. The molecule has 1 aromatic carbocycles. The molecule has 0 aliphatic rings. The molecule has 0 radical (unpaired) electrons. The van der Waals surface area contributed by atoms with E-state index in [-0.39, 0.29) is 30.1 Å². The Bertz CT molecular complexity index is 1120. The highest BCUT2D eigenvalue weighted by atomic mass is 35.5. The molecule has 0 saturated carbocycles. The highest BCUT2D eigenvalue weighted by Gasteiger charge is 2.24. The number of nitrogens with zero attached hydrogens (tertiary/aromatic N) is 3. The van der Waals surface area contributed by atoms with Crippen molar-refractivity contribution in [1.82, 2.24) is 15.1 Å². The number of carbonyl (C=O) groups is 1. The minimum absolute atomic E-state index is 0.138. The van der Waals surface area contributed by atoms with Gasteiger partial charge in [0.2, 0.25) is 5.89 Å². The van der Waals surface area contributed by atoms with Gasteiger partial charge in [0.25, 0.3) is 11.8 Å². The van der Waals surface area contributed by atoms with Crippen LogP contribution in [0.5, 0.6) is 0 Å². The average molecular weight is 420 g/mol. The van der Waals surface area contributed by atoms with E-state index in [4.69, 9.17) is 20.4 Å². The Morgan fingerprint density at radius 1 is 1.32 bits per heavy atom. The molecule has 3 aromatic heterocycles. The molecule has 28 heavy (non-hydrogen) atoms. The molecule has 0 bridgehead atoms. The first-order valence-corrected chi connectivity index (χ1v) is 9.79. The molecule has 0 atom stereocenters. The number of aromatic nitrogens is 2. The monoisotopic (exact) mass is 419 g/mol. The molecule has 9 heteroatoms. The maximum Gasteiger partial charge on any atom is 0.283 e. The van der Waals surface area contributed by atoms with Gasteiger partial charge in [0.05, 0.1) is 17.8 Å². The van der Waals surface area contributed by atoms with E-state index >= 15 is 0 Å². The fourth-order valence-corrected chi connectivity index (χ4v) is 4.33. The summed E-state index contributed by atoms with van der Waals surface area (Å²) in [7, 11) is 0. The van der Waals surface area contributed by atoms with Gasteiger partial charge in [-0.3, -0.25) is 4.79 Å². The second kappa shape index (κ2) is 7.73. The molecule has 4 aromatic rings. The zero-order valence-electron chi connectivity index (χ0n) is 14.8. The topological polar surface area (TPSA) is 72.4 Å². The number of amides is 1. The number of carbonyl (C=O) groups excluding carboxylic acids is 1. The third kappa shape index (κ3) is 3.53. The van der Waals surface area contributed by atoms with Gasteiger partial charge in [0.15, 0.2) is 5.76 Å². The van der Waals surface area contributed by atoms with Crippen LogP contribution in [0.3, 0.4) is 0 Å². The van der Waals surface area contributed by atoms with E-state index in [1.807, 2.05) is 6.92 Å². The first-order valence-electron chi connectivity index (χ1n) is 8.60. The van der Waals surface area contributed by atoms with Gasteiger partial charge in [-0.15, -0.1) is 21.5 Å². The molecule has 1 amide bonds. The van der Waals surface area contributed by atoms with Crippen LogP contribution in [-0.4, -0.2) is 27.5 Å². The predicted molar refractivity (Wildman–Crippen MR) is 104 cm³/mol. The molecule has 0 N–H and O–H groups in total. The van der Waals surface area contributed by atoms with Crippen LogP contribution in [0.25, 0.3) is 21.7 Å². The molecule has 0 fully saturated rings. The maximum absolute atomic E-state index is 13.5. The van der Waals surface area contributed by atoms with E-state index in [2.05, 4.69) is 10.2 Å². The van der Waals surface area contributed by atoms with E-state index in [0.29, 0.717) is 32.3 Å². The normalized spacial score (nSPS) is 11.2. The van der Waals surface area contributed by atoms with Crippen molar-refractivity contribution in [3.05, 3.63) is 58.2 Å². The van der Waals surface area contributed by atoms with Crippen LogP contribution in [0.2, 0.25) is 5.02 Å². The first kappa shape index (κ1) is 18.6. The molecule has 0 saturated heterocycles. The van der Waals surface area contributed by atoms with Crippen LogP contribution >= 0.6 is 22.9 Å². The average Bonchev–Trinajstić information content (AvgIpc) is 3.41. The van der Waals surface area contributed by atoms with Crippen LogP contribution in [0.15, 0.2) is 45.4 Å². The second-order valence-corrected chi connectivity index (χ2v) is 7.52. The van der Waals surface area contributed by atoms with Gasteiger partial charge in [0.1, 0.15) is 10.7 Å². The summed E-state index contributed by atoms with van der Waals surface area (Å²) >= 11 is 7.57. The van der Waals surface area contributed by atoms with Gasteiger partial charge in [-0.2, -0.15) is 0 Å². The lowest BCUT2D eigenvalue weighted by atomic mass is 10.2. The van der Waals surface area contributed by atoms with Crippen molar-refractivity contribution >= 4 is 38.9 Å². The van der Waals surface area contributed by atoms with E-state index in [0.717, 1.165) is 6.42 Å². The third-order valence-electron chi connectivity index (χ3n) is 4.09. The number of hydrogen-bond acceptors (Lipinski definition) is 6. The SMILES string of the molecule is CCCN(Cc1nnc(-c2ccco2)o1)C(=O)c1sc2cc(F)ccc2c1Cl. The number of halogens is 2. The Labute approximate surface area is 168 Å². The summed E-state index contributed by atoms with van der Waals surface area (Å²) in [5.41, 5.74) is 0. The van der Waals surface area contributed by atoms with E-state index in [1.165, 1.54) is 29.7 Å².